The number of hydrogen-bond donors (Lipinski definition) is 1. The van der Waals surface area contributed by atoms with Crippen LogP contribution in [0.25, 0.3) is 0 Å². The van der Waals surface area contributed by atoms with Crippen molar-refractivity contribution in [2.45, 2.75) is 26.0 Å². The second-order valence-electron chi connectivity index (χ2n) is 4.47. The molecule has 100 valence electrons. The Bertz CT molecular complexity index is 413. The zero-order valence-corrected chi connectivity index (χ0v) is 11.3. The first kappa shape index (κ1) is 12.9. The SMILES string of the molecule is CNc1ncnc(N2CC(C)OCC2C)c1OC. The van der Waals surface area contributed by atoms with Gasteiger partial charge in [0.05, 0.1) is 25.9 Å². The van der Waals surface area contributed by atoms with Crippen LogP contribution in [0.5, 0.6) is 5.75 Å². The molecule has 6 nitrogen and oxygen atoms in total. The number of aromatic nitrogens is 2. The van der Waals surface area contributed by atoms with Crippen LogP contribution >= 0.6 is 0 Å². The molecule has 0 spiro atoms. The Morgan fingerprint density at radius 2 is 2.22 bits per heavy atom. The highest BCUT2D eigenvalue weighted by molar-refractivity contribution is 5.65. The van der Waals surface area contributed by atoms with E-state index in [1.165, 1.54) is 0 Å². The quantitative estimate of drug-likeness (QED) is 0.870. The molecule has 18 heavy (non-hydrogen) atoms. The van der Waals surface area contributed by atoms with Crippen molar-refractivity contribution in [1.82, 2.24) is 9.97 Å². The van der Waals surface area contributed by atoms with Crippen LogP contribution in [0.1, 0.15) is 13.8 Å². The summed E-state index contributed by atoms with van der Waals surface area (Å²) in [5.74, 6) is 2.20. The van der Waals surface area contributed by atoms with Crippen LogP contribution in [0.2, 0.25) is 0 Å². The van der Waals surface area contributed by atoms with Gasteiger partial charge in [-0.3, -0.25) is 0 Å². The van der Waals surface area contributed by atoms with Crippen molar-refractivity contribution < 1.29 is 9.47 Å². The molecule has 0 aliphatic carbocycles. The van der Waals surface area contributed by atoms with Gasteiger partial charge in [0, 0.05) is 13.6 Å². The van der Waals surface area contributed by atoms with Crippen molar-refractivity contribution in [2.75, 3.05) is 37.5 Å². The van der Waals surface area contributed by atoms with Crippen LogP contribution in [-0.2, 0) is 4.74 Å². The number of morpholine rings is 1. The predicted molar refractivity (Wildman–Crippen MR) is 70.4 cm³/mol. The third kappa shape index (κ3) is 2.33. The summed E-state index contributed by atoms with van der Waals surface area (Å²) < 4.78 is 11.1. The van der Waals surface area contributed by atoms with Crippen LogP contribution in [-0.4, -0.2) is 49.4 Å². The molecule has 2 atom stereocenters. The standard InChI is InChI=1S/C12H20N4O2/c1-8-6-18-9(2)5-16(8)12-10(17-4)11(13-3)14-7-15-12/h7-9H,5-6H2,1-4H3,(H,13,14,15). The largest absolute Gasteiger partial charge is 0.490 e. The van der Waals surface area contributed by atoms with E-state index in [1.807, 2.05) is 7.05 Å². The van der Waals surface area contributed by atoms with Gasteiger partial charge >= 0.3 is 0 Å². The van der Waals surface area contributed by atoms with Gasteiger partial charge in [0.2, 0.25) is 5.75 Å². The summed E-state index contributed by atoms with van der Waals surface area (Å²) in [4.78, 5) is 10.7. The minimum atomic E-state index is 0.193. The highest BCUT2D eigenvalue weighted by Crippen LogP contribution is 2.33. The molecule has 1 aliphatic heterocycles. The summed E-state index contributed by atoms with van der Waals surface area (Å²) in [6, 6.07) is 0.273. The van der Waals surface area contributed by atoms with E-state index in [4.69, 9.17) is 9.47 Å². The normalized spacial score (nSPS) is 23.9. The maximum absolute atomic E-state index is 5.63. The molecule has 1 N–H and O–H groups in total. The van der Waals surface area contributed by atoms with E-state index >= 15 is 0 Å². The van der Waals surface area contributed by atoms with Crippen molar-refractivity contribution in [1.29, 1.82) is 0 Å². The lowest BCUT2D eigenvalue weighted by molar-refractivity contribution is 0.0338. The van der Waals surface area contributed by atoms with Crippen molar-refractivity contribution in [2.24, 2.45) is 0 Å². The van der Waals surface area contributed by atoms with Gasteiger partial charge in [-0.25, -0.2) is 9.97 Å². The third-order valence-corrected chi connectivity index (χ3v) is 3.11. The molecule has 0 radical (unpaired) electrons. The molecule has 1 fully saturated rings. The lowest BCUT2D eigenvalue weighted by Gasteiger charge is -2.38. The number of ether oxygens (including phenoxy) is 2. The minimum absolute atomic E-state index is 0.193. The number of anilines is 2. The first-order valence-corrected chi connectivity index (χ1v) is 6.12. The number of nitrogens with zero attached hydrogens (tertiary/aromatic N) is 3. The summed E-state index contributed by atoms with van der Waals surface area (Å²) >= 11 is 0. The lowest BCUT2D eigenvalue weighted by Crippen LogP contribution is -2.48. The van der Waals surface area contributed by atoms with Crippen LogP contribution in [0, 0.1) is 0 Å². The van der Waals surface area contributed by atoms with E-state index in [9.17, 15) is 0 Å². The number of methoxy groups -OCH3 is 1. The molecular weight excluding hydrogens is 232 g/mol. The summed E-state index contributed by atoms with van der Waals surface area (Å²) in [5.41, 5.74) is 0. The van der Waals surface area contributed by atoms with Gasteiger partial charge in [0.25, 0.3) is 0 Å². The molecule has 2 heterocycles. The van der Waals surface area contributed by atoms with E-state index in [-0.39, 0.29) is 12.1 Å². The Kier molecular flexibility index (Phi) is 3.86. The Labute approximate surface area is 107 Å². The van der Waals surface area contributed by atoms with Crippen LogP contribution in [0.4, 0.5) is 11.6 Å². The van der Waals surface area contributed by atoms with Crippen LogP contribution in [0.3, 0.4) is 0 Å². The molecular formula is C12H20N4O2. The molecule has 1 aromatic rings. The number of rotatable bonds is 3. The van der Waals surface area contributed by atoms with Gasteiger partial charge < -0.3 is 19.7 Å². The summed E-state index contributed by atoms with van der Waals surface area (Å²) in [7, 11) is 3.46. The molecule has 0 amide bonds. The third-order valence-electron chi connectivity index (χ3n) is 3.11. The zero-order chi connectivity index (χ0) is 13.1. The molecule has 2 rings (SSSR count). The van der Waals surface area contributed by atoms with Crippen molar-refractivity contribution in [3.8, 4) is 5.75 Å². The Hall–Kier alpha value is -1.56. The van der Waals surface area contributed by atoms with Gasteiger partial charge in [-0.2, -0.15) is 0 Å². The summed E-state index contributed by atoms with van der Waals surface area (Å²) in [6.07, 6.45) is 1.75. The fraction of sp³-hybridized carbons (Fsp3) is 0.667. The number of nitrogens with one attached hydrogen (secondary N) is 1. The van der Waals surface area contributed by atoms with Gasteiger partial charge in [-0.05, 0) is 13.8 Å². The Balaban J connectivity index is 2.36. The molecule has 1 aliphatic rings. The average Bonchev–Trinajstić information content (AvgIpc) is 2.40. The van der Waals surface area contributed by atoms with Crippen LogP contribution < -0.4 is 15.0 Å². The van der Waals surface area contributed by atoms with Crippen molar-refractivity contribution in [3.63, 3.8) is 0 Å². The molecule has 6 heteroatoms. The van der Waals surface area contributed by atoms with Gasteiger partial charge in [-0.1, -0.05) is 0 Å². The second kappa shape index (κ2) is 5.39. The zero-order valence-electron chi connectivity index (χ0n) is 11.3. The average molecular weight is 252 g/mol. The first-order valence-electron chi connectivity index (χ1n) is 6.12. The minimum Gasteiger partial charge on any atom is -0.490 e. The highest BCUT2D eigenvalue weighted by atomic mass is 16.5. The van der Waals surface area contributed by atoms with E-state index in [0.29, 0.717) is 18.2 Å². The van der Waals surface area contributed by atoms with E-state index < -0.39 is 0 Å². The first-order chi connectivity index (χ1) is 8.67. The van der Waals surface area contributed by atoms with Crippen molar-refractivity contribution >= 4 is 11.6 Å². The van der Waals surface area contributed by atoms with Crippen LogP contribution in [0.15, 0.2) is 6.33 Å². The molecule has 0 aromatic carbocycles. The fourth-order valence-corrected chi connectivity index (χ4v) is 2.13. The van der Waals surface area contributed by atoms with Gasteiger partial charge in [-0.15, -0.1) is 0 Å². The Morgan fingerprint density at radius 1 is 1.44 bits per heavy atom. The topological polar surface area (TPSA) is 59.5 Å². The highest BCUT2D eigenvalue weighted by Gasteiger charge is 2.28. The Morgan fingerprint density at radius 3 is 2.89 bits per heavy atom. The smallest absolute Gasteiger partial charge is 0.204 e. The second-order valence-corrected chi connectivity index (χ2v) is 4.47. The molecule has 1 saturated heterocycles. The van der Waals surface area contributed by atoms with Crippen molar-refractivity contribution in [3.05, 3.63) is 6.33 Å². The summed E-state index contributed by atoms with van der Waals surface area (Å²) in [5, 5.41) is 3.02. The fourth-order valence-electron chi connectivity index (χ4n) is 2.13. The van der Waals surface area contributed by atoms with Gasteiger partial charge in [0.15, 0.2) is 11.6 Å². The van der Waals surface area contributed by atoms with E-state index in [0.717, 1.165) is 12.4 Å². The number of hydrogen-bond acceptors (Lipinski definition) is 6. The van der Waals surface area contributed by atoms with Gasteiger partial charge in [0.1, 0.15) is 6.33 Å². The molecule has 1 aromatic heterocycles. The molecule has 2 unspecified atom stereocenters. The predicted octanol–water partition coefficient (Wildman–Crippen LogP) is 1.14. The maximum atomic E-state index is 5.63. The molecule has 0 bridgehead atoms. The van der Waals surface area contributed by atoms with E-state index in [1.54, 1.807) is 13.4 Å². The molecule has 0 saturated carbocycles. The summed E-state index contributed by atoms with van der Waals surface area (Å²) in [6.45, 7) is 5.68. The maximum Gasteiger partial charge on any atom is 0.204 e. The lowest BCUT2D eigenvalue weighted by atomic mass is 10.2. The van der Waals surface area contributed by atoms with E-state index in [2.05, 4.69) is 34.0 Å². The monoisotopic (exact) mass is 252 g/mol.